The molecule has 20 heavy (non-hydrogen) atoms. The van der Waals surface area contributed by atoms with Crippen molar-refractivity contribution in [3.63, 3.8) is 0 Å². The minimum Gasteiger partial charge on any atom is -0.106 e. The van der Waals surface area contributed by atoms with Gasteiger partial charge in [0.2, 0.25) is 0 Å². The van der Waals surface area contributed by atoms with E-state index >= 15 is 0 Å². The molecule has 0 N–H and O–H groups in total. The summed E-state index contributed by atoms with van der Waals surface area (Å²) in [4.78, 5) is 0. The van der Waals surface area contributed by atoms with E-state index in [0.717, 1.165) is 6.42 Å². The van der Waals surface area contributed by atoms with Gasteiger partial charge in [-0.2, -0.15) is 0 Å². The van der Waals surface area contributed by atoms with Crippen LogP contribution in [0.4, 0.5) is 0 Å². The number of rotatable bonds is 4. The zero-order valence-electron chi connectivity index (χ0n) is 13.9. The quantitative estimate of drug-likeness (QED) is 0.534. The lowest BCUT2D eigenvalue weighted by Crippen LogP contribution is -1.97. The van der Waals surface area contributed by atoms with E-state index in [2.05, 4.69) is 58.4 Å². The van der Waals surface area contributed by atoms with E-state index in [9.17, 15) is 0 Å². The van der Waals surface area contributed by atoms with E-state index in [1.165, 1.54) is 27.8 Å². The van der Waals surface area contributed by atoms with Gasteiger partial charge < -0.3 is 0 Å². The Kier molecular flexibility index (Phi) is 12.5. The molecule has 0 aliphatic heterocycles. The molecule has 0 radical (unpaired) electrons. The molecule has 1 rings (SSSR count). The highest BCUT2D eigenvalue weighted by atomic mass is 14.1. The van der Waals surface area contributed by atoms with Crippen LogP contribution >= 0.6 is 0 Å². The highest BCUT2D eigenvalue weighted by molar-refractivity contribution is 5.74. The van der Waals surface area contributed by atoms with E-state index in [-0.39, 0.29) is 0 Å². The molecule has 0 spiro atoms. The number of allylic oxidation sites excluding steroid dienone is 1. The summed E-state index contributed by atoms with van der Waals surface area (Å²) >= 11 is 0. The molecule has 0 aliphatic carbocycles. The molecular weight excluding hydrogens is 240 g/mol. The van der Waals surface area contributed by atoms with E-state index in [4.69, 9.17) is 0 Å². The molecule has 0 saturated carbocycles. The average Bonchev–Trinajstić information content (AvgIpc) is 2.51. The monoisotopic (exact) mass is 270 g/mol. The molecule has 0 nitrogen and oxygen atoms in total. The van der Waals surface area contributed by atoms with Gasteiger partial charge in [0.15, 0.2) is 0 Å². The van der Waals surface area contributed by atoms with E-state index in [1.54, 1.807) is 0 Å². The molecule has 0 bridgehead atoms. The fourth-order valence-electron chi connectivity index (χ4n) is 2.16. The van der Waals surface area contributed by atoms with Gasteiger partial charge in [-0.15, -0.1) is 13.2 Å². The normalized spacial score (nSPS) is 9.05. The molecule has 110 valence electrons. The van der Waals surface area contributed by atoms with Crippen molar-refractivity contribution in [1.82, 2.24) is 0 Å². The van der Waals surface area contributed by atoms with Crippen LogP contribution in [0.5, 0.6) is 0 Å². The van der Waals surface area contributed by atoms with Crippen LogP contribution in [-0.4, -0.2) is 0 Å². The Balaban J connectivity index is 0. The summed E-state index contributed by atoms with van der Waals surface area (Å²) in [5, 5.41) is 0. The molecule has 0 atom stereocenters. The fourth-order valence-corrected chi connectivity index (χ4v) is 2.16. The van der Waals surface area contributed by atoms with Gasteiger partial charge in [0.05, 0.1) is 0 Å². The van der Waals surface area contributed by atoms with Crippen LogP contribution in [0.2, 0.25) is 0 Å². The lowest BCUT2D eigenvalue weighted by atomic mass is 9.90. The summed E-state index contributed by atoms with van der Waals surface area (Å²) in [6, 6.07) is 2.23. The lowest BCUT2D eigenvalue weighted by Gasteiger charge is -2.14. The van der Waals surface area contributed by atoms with Gasteiger partial charge in [0.1, 0.15) is 0 Å². The summed E-state index contributed by atoms with van der Waals surface area (Å²) in [7, 11) is 0. The number of benzene rings is 1. The number of hydrogen-bond donors (Lipinski definition) is 0. The van der Waals surface area contributed by atoms with Crippen molar-refractivity contribution in [1.29, 1.82) is 0 Å². The Morgan fingerprint density at radius 1 is 1.05 bits per heavy atom. The maximum Gasteiger partial charge on any atom is -0.0149 e. The molecule has 0 amide bonds. The van der Waals surface area contributed by atoms with Gasteiger partial charge in [0.25, 0.3) is 0 Å². The Morgan fingerprint density at radius 2 is 1.55 bits per heavy atom. The van der Waals surface area contributed by atoms with Gasteiger partial charge >= 0.3 is 0 Å². The van der Waals surface area contributed by atoms with Crippen LogP contribution in [0.15, 0.2) is 38.5 Å². The maximum absolute atomic E-state index is 3.92. The first-order valence-electron chi connectivity index (χ1n) is 7.23. The predicted molar refractivity (Wildman–Crippen MR) is 98.0 cm³/mol. The molecule has 0 aromatic heterocycles. The molecule has 1 aromatic carbocycles. The molecule has 0 aliphatic rings. The Bertz CT molecular complexity index is 448. The first-order valence-corrected chi connectivity index (χ1v) is 7.23. The van der Waals surface area contributed by atoms with Crippen LogP contribution in [0.3, 0.4) is 0 Å². The molecular formula is C20H30. The van der Waals surface area contributed by atoms with Gasteiger partial charge in [-0.05, 0) is 48.1 Å². The third-order valence-electron chi connectivity index (χ3n) is 2.87. The van der Waals surface area contributed by atoms with Crippen molar-refractivity contribution in [3.8, 4) is 0 Å². The maximum atomic E-state index is 3.92. The van der Waals surface area contributed by atoms with Crippen LogP contribution < -0.4 is 0 Å². The van der Waals surface area contributed by atoms with E-state index < -0.39 is 0 Å². The van der Waals surface area contributed by atoms with Crippen LogP contribution in [-0.2, 0) is 6.42 Å². The van der Waals surface area contributed by atoms with Gasteiger partial charge in [0, 0.05) is 0 Å². The summed E-state index contributed by atoms with van der Waals surface area (Å²) in [6.07, 6.45) is 9.11. The molecule has 0 saturated heterocycles. The number of aryl methyl sites for hydroxylation is 1. The standard InChI is InChI=1S/C16H20.C2H6.C2H4/c1-6-10-13-11-12(5)14(7-2)16(9-4)15(13)8-3;2*1-2/h6-7,9-11H,2,4,8H2,1,3,5H3;1-2H3;1-2H2/b10-6-;;. The fraction of sp³-hybridized carbons (Fsp3) is 0.300. The van der Waals surface area contributed by atoms with Crippen LogP contribution in [0.1, 0.15) is 55.5 Å². The van der Waals surface area contributed by atoms with Gasteiger partial charge in [-0.1, -0.05) is 64.3 Å². The van der Waals surface area contributed by atoms with Crippen molar-refractivity contribution in [3.05, 3.63) is 66.3 Å². The van der Waals surface area contributed by atoms with Crippen molar-refractivity contribution in [2.24, 2.45) is 0 Å². The lowest BCUT2D eigenvalue weighted by molar-refractivity contribution is 1.12. The first-order chi connectivity index (χ1) is 9.69. The Hall–Kier alpha value is -1.82. The minimum absolute atomic E-state index is 1.02. The molecule has 0 heterocycles. The van der Waals surface area contributed by atoms with Gasteiger partial charge in [-0.3, -0.25) is 0 Å². The summed E-state index contributed by atoms with van der Waals surface area (Å²) < 4.78 is 0. The summed E-state index contributed by atoms with van der Waals surface area (Å²) in [6.45, 7) is 24.1. The second kappa shape index (κ2) is 12.2. The Labute approximate surface area is 126 Å². The van der Waals surface area contributed by atoms with Crippen LogP contribution in [0, 0.1) is 6.92 Å². The third-order valence-corrected chi connectivity index (χ3v) is 2.87. The smallest absolute Gasteiger partial charge is 0.0149 e. The van der Waals surface area contributed by atoms with Crippen molar-refractivity contribution < 1.29 is 0 Å². The average molecular weight is 270 g/mol. The predicted octanol–water partition coefficient (Wildman–Crippen LogP) is 6.70. The van der Waals surface area contributed by atoms with E-state index in [0.29, 0.717) is 0 Å². The molecule has 1 aromatic rings. The third kappa shape index (κ3) is 5.05. The topological polar surface area (TPSA) is 0 Å². The highest BCUT2D eigenvalue weighted by Crippen LogP contribution is 2.26. The molecule has 0 fully saturated rings. The van der Waals surface area contributed by atoms with Crippen molar-refractivity contribution in [2.75, 3.05) is 0 Å². The first kappa shape index (κ1) is 20.5. The molecule has 0 heteroatoms. The zero-order valence-corrected chi connectivity index (χ0v) is 13.9. The zero-order chi connectivity index (χ0) is 16.1. The van der Waals surface area contributed by atoms with Crippen molar-refractivity contribution in [2.45, 2.75) is 41.0 Å². The Morgan fingerprint density at radius 3 is 1.90 bits per heavy atom. The second-order valence-corrected chi connectivity index (χ2v) is 3.85. The number of hydrogen-bond acceptors (Lipinski definition) is 0. The van der Waals surface area contributed by atoms with Crippen LogP contribution in [0.25, 0.3) is 18.2 Å². The highest BCUT2D eigenvalue weighted by Gasteiger charge is 2.09. The summed E-state index contributed by atoms with van der Waals surface area (Å²) in [5.41, 5.74) is 6.34. The SMILES string of the molecule is C=C.C=Cc1c(C)cc(/C=C\C)c(CC)c1C=C.CC. The largest absolute Gasteiger partial charge is 0.106 e. The van der Waals surface area contributed by atoms with Gasteiger partial charge in [-0.25, -0.2) is 0 Å². The summed E-state index contributed by atoms with van der Waals surface area (Å²) in [5.74, 6) is 0. The second-order valence-electron chi connectivity index (χ2n) is 3.85. The van der Waals surface area contributed by atoms with E-state index in [1.807, 2.05) is 32.9 Å². The minimum atomic E-state index is 1.02. The molecule has 0 unspecified atom stereocenters. The van der Waals surface area contributed by atoms with Crippen molar-refractivity contribution >= 4 is 18.2 Å².